The van der Waals surface area contributed by atoms with Crippen molar-refractivity contribution < 1.29 is 9.84 Å². The first-order valence-corrected chi connectivity index (χ1v) is 6.89. The molecule has 1 N–H and O–H groups in total. The van der Waals surface area contributed by atoms with E-state index in [1.165, 1.54) is 0 Å². The second-order valence-electron chi connectivity index (χ2n) is 5.62. The smallest absolute Gasteiger partial charge is 0.0718 e. The summed E-state index contributed by atoms with van der Waals surface area (Å²) in [6.07, 6.45) is 0.815. The fourth-order valence-corrected chi connectivity index (χ4v) is 2.73. The minimum Gasteiger partial charge on any atom is -0.391 e. The number of aliphatic hydroxyl groups excluding tert-OH is 1. The minimum atomic E-state index is -0.205. The van der Waals surface area contributed by atoms with E-state index in [1.54, 1.807) is 0 Å². The number of β-amino-alcohol motifs (C(OH)–C–C–N with tert-alkyl or cyclic N) is 1. The largest absolute Gasteiger partial charge is 0.391 e. The van der Waals surface area contributed by atoms with Crippen molar-refractivity contribution in [1.82, 2.24) is 9.80 Å². The van der Waals surface area contributed by atoms with Gasteiger partial charge in [0.1, 0.15) is 0 Å². The number of hydrogen-bond acceptors (Lipinski definition) is 4. The lowest BCUT2D eigenvalue weighted by Gasteiger charge is -2.38. The molecule has 2 rings (SSSR count). The predicted octanol–water partition coefficient (Wildman–Crippen LogP) is 0.410. The summed E-state index contributed by atoms with van der Waals surface area (Å²) in [5.41, 5.74) is 0. The van der Waals surface area contributed by atoms with Gasteiger partial charge in [0.05, 0.1) is 12.7 Å². The van der Waals surface area contributed by atoms with Gasteiger partial charge >= 0.3 is 0 Å². The quantitative estimate of drug-likeness (QED) is 0.774. The summed E-state index contributed by atoms with van der Waals surface area (Å²) >= 11 is 0. The Labute approximate surface area is 105 Å². The van der Waals surface area contributed by atoms with Crippen LogP contribution in [0.25, 0.3) is 0 Å². The van der Waals surface area contributed by atoms with Crippen LogP contribution in [0, 0.1) is 5.92 Å². The molecule has 2 saturated heterocycles. The molecule has 2 aliphatic rings. The van der Waals surface area contributed by atoms with Crippen LogP contribution in [0.15, 0.2) is 0 Å². The third-order valence-electron chi connectivity index (χ3n) is 4.09. The van der Waals surface area contributed by atoms with Crippen LogP contribution in [0.5, 0.6) is 0 Å². The van der Waals surface area contributed by atoms with Crippen LogP contribution in [0.1, 0.15) is 20.3 Å². The van der Waals surface area contributed by atoms with E-state index in [9.17, 15) is 5.11 Å². The van der Waals surface area contributed by atoms with Crippen LogP contribution in [-0.4, -0.2) is 73.0 Å². The summed E-state index contributed by atoms with van der Waals surface area (Å²) in [4.78, 5) is 4.89. The molecule has 4 heteroatoms. The Morgan fingerprint density at radius 1 is 1.24 bits per heavy atom. The lowest BCUT2D eigenvalue weighted by molar-refractivity contribution is 0.0313. The highest BCUT2D eigenvalue weighted by Gasteiger charge is 2.27. The van der Waals surface area contributed by atoms with Gasteiger partial charge in [0, 0.05) is 51.3 Å². The Hall–Kier alpha value is -0.160. The number of rotatable bonds is 4. The van der Waals surface area contributed by atoms with Crippen molar-refractivity contribution >= 4 is 0 Å². The molecule has 2 atom stereocenters. The number of aliphatic hydroxyl groups is 1. The SMILES string of the molecule is CC(C)N1CCN(CC(O)C2CCOC2)CC1. The molecule has 4 nitrogen and oxygen atoms in total. The summed E-state index contributed by atoms with van der Waals surface area (Å²) in [5.74, 6) is 0.359. The lowest BCUT2D eigenvalue weighted by Crippen LogP contribution is -2.51. The number of nitrogens with zero attached hydrogens (tertiary/aromatic N) is 2. The molecular weight excluding hydrogens is 216 g/mol. The van der Waals surface area contributed by atoms with E-state index < -0.39 is 0 Å². The maximum absolute atomic E-state index is 10.1. The van der Waals surface area contributed by atoms with Gasteiger partial charge in [-0.15, -0.1) is 0 Å². The lowest BCUT2D eigenvalue weighted by atomic mass is 10.0. The van der Waals surface area contributed by atoms with E-state index in [0.717, 1.165) is 52.4 Å². The van der Waals surface area contributed by atoms with Gasteiger partial charge in [-0.2, -0.15) is 0 Å². The van der Waals surface area contributed by atoms with Crippen LogP contribution >= 0.6 is 0 Å². The molecule has 0 aromatic heterocycles. The molecule has 2 aliphatic heterocycles. The molecule has 2 heterocycles. The van der Waals surface area contributed by atoms with Crippen LogP contribution in [0.4, 0.5) is 0 Å². The number of hydrogen-bond donors (Lipinski definition) is 1. The zero-order valence-corrected chi connectivity index (χ0v) is 11.1. The van der Waals surface area contributed by atoms with Crippen molar-refractivity contribution in [3.05, 3.63) is 0 Å². The first-order chi connectivity index (χ1) is 8.16. The molecule has 0 aromatic rings. The highest BCUT2D eigenvalue weighted by molar-refractivity contribution is 4.80. The molecular formula is C13H26N2O2. The van der Waals surface area contributed by atoms with E-state index in [2.05, 4.69) is 23.6 Å². The number of piperazine rings is 1. The summed E-state index contributed by atoms with van der Waals surface area (Å²) in [6, 6.07) is 0.644. The Morgan fingerprint density at radius 2 is 1.94 bits per heavy atom. The zero-order chi connectivity index (χ0) is 12.3. The highest BCUT2D eigenvalue weighted by Crippen LogP contribution is 2.18. The predicted molar refractivity (Wildman–Crippen MR) is 68.1 cm³/mol. The maximum Gasteiger partial charge on any atom is 0.0718 e. The Kier molecular flexibility index (Phi) is 4.79. The summed E-state index contributed by atoms with van der Waals surface area (Å²) in [5, 5.41) is 10.1. The van der Waals surface area contributed by atoms with Gasteiger partial charge < -0.3 is 9.84 Å². The molecule has 2 fully saturated rings. The van der Waals surface area contributed by atoms with Gasteiger partial charge in [-0.25, -0.2) is 0 Å². The second kappa shape index (κ2) is 6.14. The van der Waals surface area contributed by atoms with E-state index >= 15 is 0 Å². The van der Waals surface area contributed by atoms with Crippen molar-refractivity contribution in [3.63, 3.8) is 0 Å². The summed E-state index contributed by atoms with van der Waals surface area (Å²) in [6.45, 7) is 11.3. The van der Waals surface area contributed by atoms with Crippen molar-refractivity contribution in [2.75, 3.05) is 45.9 Å². The third-order valence-corrected chi connectivity index (χ3v) is 4.09. The summed E-state index contributed by atoms with van der Waals surface area (Å²) < 4.78 is 5.33. The van der Waals surface area contributed by atoms with Crippen LogP contribution < -0.4 is 0 Å². The first-order valence-electron chi connectivity index (χ1n) is 6.89. The summed E-state index contributed by atoms with van der Waals surface area (Å²) in [7, 11) is 0. The van der Waals surface area contributed by atoms with Gasteiger partial charge in [-0.3, -0.25) is 9.80 Å². The van der Waals surface area contributed by atoms with Gasteiger partial charge in [-0.1, -0.05) is 0 Å². The van der Waals surface area contributed by atoms with E-state index in [-0.39, 0.29) is 6.10 Å². The normalized spacial score (nSPS) is 30.0. The van der Waals surface area contributed by atoms with Crippen molar-refractivity contribution in [1.29, 1.82) is 0 Å². The molecule has 0 aromatic carbocycles. The molecule has 2 unspecified atom stereocenters. The molecule has 0 amide bonds. The zero-order valence-electron chi connectivity index (χ0n) is 11.1. The van der Waals surface area contributed by atoms with Crippen LogP contribution in [-0.2, 0) is 4.74 Å². The van der Waals surface area contributed by atoms with Crippen molar-refractivity contribution in [2.24, 2.45) is 5.92 Å². The van der Waals surface area contributed by atoms with Gasteiger partial charge in [0.2, 0.25) is 0 Å². The second-order valence-corrected chi connectivity index (χ2v) is 5.62. The van der Waals surface area contributed by atoms with Gasteiger partial charge in [0.15, 0.2) is 0 Å². The molecule has 0 saturated carbocycles. The molecule has 0 spiro atoms. The standard InChI is InChI=1S/C13H26N2O2/c1-11(2)15-6-4-14(5-7-15)9-13(16)12-3-8-17-10-12/h11-13,16H,3-10H2,1-2H3. The first kappa shape index (κ1) is 13.3. The Balaban J connectivity index is 1.70. The molecule has 100 valence electrons. The number of ether oxygens (including phenoxy) is 1. The van der Waals surface area contributed by atoms with Gasteiger partial charge in [0.25, 0.3) is 0 Å². The van der Waals surface area contributed by atoms with E-state index in [1.807, 2.05) is 0 Å². The molecule has 0 radical (unpaired) electrons. The minimum absolute atomic E-state index is 0.205. The van der Waals surface area contributed by atoms with Crippen LogP contribution in [0.3, 0.4) is 0 Å². The Bertz CT molecular complexity index is 221. The average molecular weight is 242 g/mol. The van der Waals surface area contributed by atoms with Crippen molar-refractivity contribution in [2.45, 2.75) is 32.4 Å². The average Bonchev–Trinajstić information content (AvgIpc) is 2.83. The monoisotopic (exact) mass is 242 g/mol. The van der Waals surface area contributed by atoms with Gasteiger partial charge in [-0.05, 0) is 20.3 Å². The fourth-order valence-electron chi connectivity index (χ4n) is 2.73. The topological polar surface area (TPSA) is 35.9 Å². The molecule has 0 bridgehead atoms. The molecule has 17 heavy (non-hydrogen) atoms. The van der Waals surface area contributed by atoms with E-state index in [4.69, 9.17) is 4.74 Å². The van der Waals surface area contributed by atoms with Crippen LogP contribution in [0.2, 0.25) is 0 Å². The van der Waals surface area contributed by atoms with E-state index in [0.29, 0.717) is 12.0 Å². The fraction of sp³-hybridized carbons (Fsp3) is 1.00. The van der Waals surface area contributed by atoms with Crippen molar-refractivity contribution in [3.8, 4) is 0 Å². The Morgan fingerprint density at radius 3 is 2.47 bits per heavy atom. The third kappa shape index (κ3) is 3.65. The maximum atomic E-state index is 10.1. The molecule has 0 aliphatic carbocycles. The highest BCUT2D eigenvalue weighted by atomic mass is 16.5.